The number of aromatic nitrogens is 1. The minimum atomic E-state index is -0.692. The van der Waals surface area contributed by atoms with Gasteiger partial charge in [-0.25, -0.2) is 9.18 Å². The summed E-state index contributed by atoms with van der Waals surface area (Å²) in [6, 6.07) is 1.21. The Hall–Kier alpha value is -2.61. The summed E-state index contributed by atoms with van der Waals surface area (Å²) in [7, 11) is 0. The molecule has 3 heterocycles. The second-order valence-electron chi connectivity index (χ2n) is 6.30. The highest BCUT2D eigenvalue weighted by Crippen LogP contribution is 2.40. The van der Waals surface area contributed by atoms with E-state index in [0.717, 1.165) is 13.1 Å². The smallest absolute Gasteiger partial charge is 0.343 e. The summed E-state index contributed by atoms with van der Waals surface area (Å²) in [4.78, 5) is 26.8. The zero-order valence-electron chi connectivity index (χ0n) is 14.5. The molecule has 2 aliphatic rings. The monoisotopic (exact) mass is 361 g/mol. The van der Waals surface area contributed by atoms with E-state index in [-0.39, 0.29) is 17.6 Å². The third kappa shape index (κ3) is 2.61. The number of carbonyl (C=O) groups excluding carboxylic acids is 1. The van der Waals surface area contributed by atoms with Crippen molar-refractivity contribution in [1.29, 1.82) is 0 Å². The fourth-order valence-corrected chi connectivity index (χ4v) is 3.59. The number of nitrogens with zero attached hydrogens (tertiary/aromatic N) is 2. The lowest BCUT2D eigenvalue weighted by molar-refractivity contribution is 0.0524. The molecule has 0 amide bonds. The van der Waals surface area contributed by atoms with Gasteiger partial charge in [-0.05, 0) is 13.0 Å². The third-order valence-corrected chi connectivity index (χ3v) is 4.75. The van der Waals surface area contributed by atoms with Crippen LogP contribution in [0.4, 0.5) is 10.1 Å². The van der Waals surface area contributed by atoms with Gasteiger partial charge in [0.25, 0.3) is 0 Å². The minimum Gasteiger partial charge on any atom is -0.487 e. The lowest BCUT2D eigenvalue weighted by Crippen LogP contribution is -2.44. The Morgan fingerprint density at radius 3 is 2.85 bits per heavy atom. The number of halogens is 1. The number of hydrogen-bond acceptors (Lipinski definition) is 6. The van der Waals surface area contributed by atoms with Crippen molar-refractivity contribution in [3.05, 3.63) is 33.9 Å². The summed E-state index contributed by atoms with van der Waals surface area (Å²) in [6.45, 7) is 5.48. The van der Waals surface area contributed by atoms with Gasteiger partial charge in [-0.2, -0.15) is 0 Å². The van der Waals surface area contributed by atoms with Gasteiger partial charge < -0.3 is 24.3 Å². The molecule has 1 aromatic carbocycles. The largest absolute Gasteiger partial charge is 0.487 e. The van der Waals surface area contributed by atoms with Gasteiger partial charge in [-0.3, -0.25) is 4.79 Å². The molecule has 4 rings (SSSR count). The summed E-state index contributed by atoms with van der Waals surface area (Å²) in [5.74, 6) is -0.829. The SMILES string of the molecule is CCOC(=O)c1cn2c3c(c(N4CCNCC4)c(F)cc3c1=O)OCC2. The fraction of sp³-hybridized carbons (Fsp3) is 0.444. The molecule has 1 saturated heterocycles. The van der Waals surface area contributed by atoms with E-state index >= 15 is 0 Å². The Bertz CT molecular complexity index is 934. The van der Waals surface area contributed by atoms with Gasteiger partial charge in [0.05, 0.1) is 24.1 Å². The van der Waals surface area contributed by atoms with Crippen LogP contribution in [0.1, 0.15) is 17.3 Å². The average Bonchev–Trinajstić information content (AvgIpc) is 2.65. The average molecular weight is 361 g/mol. The molecule has 0 saturated carbocycles. The van der Waals surface area contributed by atoms with Crippen molar-refractivity contribution in [3.63, 3.8) is 0 Å². The van der Waals surface area contributed by atoms with Crippen LogP contribution >= 0.6 is 0 Å². The van der Waals surface area contributed by atoms with Crippen LogP contribution < -0.4 is 20.4 Å². The number of benzene rings is 1. The summed E-state index contributed by atoms with van der Waals surface area (Å²) < 4.78 is 27.5. The molecule has 0 unspecified atom stereocenters. The molecule has 1 N–H and O–H groups in total. The number of rotatable bonds is 3. The normalized spacial score (nSPS) is 16.5. The summed E-state index contributed by atoms with van der Waals surface area (Å²) in [5, 5.41) is 3.37. The molecule has 1 fully saturated rings. The first-order valence-corrected chi connectivity index (χ1v) is 8.77. The lowest BCUT2D eigenvalue weighted by Gasteiger charge is -2.33. The fourth-order valence-electron chi connectivity index (χ4n) is 3.59. The molecule has 2 aromatic rings. The Kier molecular flexibility index (Phi) is 4.28. The van der Waals surface area contributed by atoms with E-state index in [4.69, 9.17) is 9.47 Å². The molecule has 1 aromatic heterocycles. The highest BCUT2D eigenvalue weighted by Gasteiger charge is 2.28. The number of esters is 1. The number of nitrogens with one attached hydrogen (secondary N) is 1. The van der Waals surface area contributed by atoms with E-state index in [0.29, 0.717) is 43.2 Å². The standard InChI is InChI=1S/C18H20FN3O4/c1-2-25-18(24)12-10-22-7-8-26-17-14(22)11(16(12)23)9-13(19)15(17)21-5-3-20-4-6-21/h9-10,20H,2-8H2,1H3. The van der Waals surface area contributed by atoms with Gasteiger partial charge in [-0.15, -0.1) is 0 Å². The Morgan fingerprint density at radius 1 is 1.35 bits per heavy atom. The van der Waals surface area contributed by atoms with Crippen LogP contribution in [0, 0.1) is 5.82 Å². The maximum atomic E-state index is 15.0. The van der Waals surface area contributed by atoms with Crippen LogP contribution in [0.3, 0.4) is 0 Å². The molecular formula is C18H20FN3O4. The number of pyridine rings is 1. The first kappa shape index (κ1) is 16.8. The van der Waals surface area contributed by atoms with E-state index in [1.54, 1.807) is 11.5 Å². The molecule has 138 valence electrons. The van der Waals surface area contributed by atoms with Crippen molar-refractivity contribution in [2.24, 2.45) is 0 Å². The van der Waals surface area contributed by atoms with E-state index in [2.05, 4.69) is 5.32 Å². The van der Waals surface area contributed by atoms with Gasteiger partial charge in [0.15, 0.2) is 11.6 Å². The van der Waals surface area contributed by atoms with E-state index < -0.39 is 17.2 Å². The number of carbonyl (C=O) groups is 1. The molecule has 0 atom stereocenters. The second-order valence-corrected chi connectivity index (χ2v) is 6.30. The molecule has 0 aliphatic carbocycles. The van der Waals surface area contributed by atoms with Gasteiger partial charge in [-0.1, -0.05) is 0 Å². The van der Waals surface area contributed by atoms with Crippen molar-refractivity contribution in [1.82, 2.24) is 9.88 Å². The van der Waals surface area contributed by atoms with E-state index in [1.807, 2.05) is 4.90 Å². The maximum absolute atomic E-state index is 15.0. The highest BCUT2D eigenvalue weighted by molar-refractivity contribution is 5.97. The van der Waals surface area contributed by atoms with Crippen LogP contribution in [-0.2, 0) is 11.3 Å². The van der Waals surface area contributed by atoms with Gasteiger partial charge in [0.1, 0.15) is 17.9 Å². The van der Waals surface area contributed by atoms with Crippen molar-refractivity contribution < 1.29 is 18.7 Å². The Balaban J connectivity index is 1.96. The third-order valence-electron chi connectivity index (χ3n) is 4.75. The number of hydrogen-bond donors (Lipinski definition) is 1. The topological polar surface area (TPSA) is 72.8 Å². The molecule has 2 aliphatic heterocycles. The van der Waals surface area contributed by atoms with Crippen LogP contribution in [0.25, 0.3) is 10.9 Å². The zero-order chi connectivity index (χ0) is 18.3. The van der Waals surface area contributed by atoms with Gasteiger partial charge in [0.2, 0.25) is 5.43 Å². The molecule has 0 spiro atoms. The van der Waals surface area contributed by atoms with Crippen LogP contribution in [0.15, 0.2) is 17.1 Å². The van der Waals surface area contributed by atoms with Crippen molar-refractivity contribution >= 4 is 22.6 Å². The zero-order valence-corrected chi connectivity index (χ0v) is 14.5. The quantitative estimate of drug-likeness (QED) is 0.826. The number of ether oxygens (including phenoxy) is 2. The van der Waals surface area contributed by atoms with Crippen LogP contribution in [-0.4, -0.2) is 49.9 Å². The molecule has 0 bridgehead atoms. The lowest BCUT2D eigenvalue weighted by atomic mass is 10.1. The molecule has 0 radical (unpaired) electrons. The Labute approximate surface area is 149 Å². The highest BCUT2D eigenvalue weighted by atomic mass is 19.1. The first-order chi connectivity index (χ1) is 12.6. The summed E-state index contributed by atoms with van der Waals surface area (Å²) in [5.41, 5.74) is 0.300. The van der Waals surface area contributed by atoms with Crippen LogP contribution in [0.5, 0.6) is 5.75 Å². The molecule has 26 heavy (non-hydrogen) atoms. The van der Waals surface area contributed by atoms with E-state index in [1.165, 1.54) is 12.3 Å². The maximum Gasteiger partial charge on any atom is 0.343 e. The van der Waals surface area contributed by atoms with Gasteiger partial charge >= 0.3 is 5.97 Å². The minimum absolute atomic E-state index is 0.0819. The second kappa shape index (κ2) is 6.60. The Morgan fingerprint density at radius 2 is 2.12 bits per heavy atom. The predicted molar refractivity (Wildman–Crippen MR) is 94.7 cm³/mol. The first-order valence-electron chi connectivity index (χ1n) is 8.77. The molecular weight excluding hydrogens is 341 g/mol. The van der Waals surface area contributed by atoms with E-state index in [9.17, 15) is 14.0 Å². The summed E-state index contributed by atoms with van der Waals surface area (Å²) in [6.07, 6.45) is 1.49. The number of piperazine rings is 1. The van der Waals surface area contributed by atoms with Crippen molar-refractivity contribution in [2.45, 2.75) is 13.5 Å². The predicted octanol–water partition coefficient (Wildman–Crippen LogP) is 1.12. The molecule has 7 nitrogen and oxygen atoms in total. The van der Waals surface area contributed by atoms with Crippen molar-refractivity contribution in [3.8, 4) is 5.75 Å². The van der Waals surface area contributed by atoms with Crippen LogP contribution in [0.2, 0.25) is 0 Å². The molecule has 8 heteroatoms. The summed E-state index contributed by atoms with van der Waals surface area (Å²) >= 11 is 0. The van der Waals surface area contributed by atoms with Crippen molar-refractivity contribution in [2.75, 3.05) is 44.3 Å². The van der Waals surface area contributed by atoms with Gasteiger partial charge in [0, 0.05) is 32.4 Å². The number of anilines is 1.